The number of alkyl halides is 3. The van der Waals surface area contributed by atoms with Gasteiger partial charge in [0.25, 0.3) is 0 Å². The lowest BCUT2D eigenvalue weighted by Crippen LogP contribution is -2.14. The van der Waals surface area contributed by atoms with E-state index in [0.717, 1.165) is 12.1 Å². The van der Waals surface area contributed by atoms with Crippen molar-refractivity contribution in [2.45, 2.75) is 12.3 Å². The average Bonchev–Trinajstić information content (AvgIpc) is 2.12. The van der Waals surface area contributed by atoms with E-state index in [4.69, 9.17) is 10.8 Å². The first-order chi connectivity index (χ1) is 7.64. The number of hydrogen-bond acceptors (Lipinski definition) is 3. The van der Waals surface area contributed by atoms with Crippen molar-refractivity contribution in [3.63, 3.8) is 0 Å². The van der Waals surface area contributed by atoms with E-state index in [-0.39, 0.29) is 5.56 Å². The highest BCUT2D eigenvalue weighted by Gasteiger charge is 2.36. The van der Waals surface area contributed by atoms with Gasteiger partial charge in [-0.15, -0.1) is 0 Å². The smallest absolute Gasteiger partial charge is 0.419 e. The first-order valence-corrected chi connectivity index (χ1v) is 5.01. The zero-order valence-corrected chi connectivity index (χ0v) is 9.71. The zero-order chi connectivity index (χ0) is 13.4. The summed E-state index contributed by atoms with van der Waals surface area (Å²) in [5, 5.41) is 17.7. The van der Waals surface area contributed by atoms with Gasteiger partial charge in [0.05, 0.1) is 5.56 Å². The van der Waals surface area contributed by atoms with Crippen LogP contribution in [0.15, 0.2) is 16.6 Å². The van der Waals surface area contributed by atoms with E-state index >= 15 is 0 Å². The van der Waals surface area contributed by atoms with E-state index < -0.39 is 34.0 Å². The van der Waals surface area contributed by atoms with Crippen LogP contribution in [-0.4, -0.2) is 16.2 Å². The largest absolute Gasteiger partial charge is 0.479 e. The van der Waals surface area contributed by atoms with E-state index in [2.05, 4.69) is 15.9 Å². The maximum atomic E-state index is 12.5. The molecule has 0 spiro atoms. The quantitative estimate of drug-likeness (QED) is 0.731. The van der Waals surface area contributed by atoms with Gasteiger partial charge in [-0.3, -0.25) is 0 Å². The summed E-state index contributed by atoms with van der Waals surface area (Å²) in [6, 6.07) is 1.66. The second-order valence-electron chi connectivity index (χ2n) is 3.21. The number of halogens is 4. The summed E-state index contributed by atoms with van der Waals surface area (Å²) in [7, 11) is 0. The second-order valence-corrected chi connectivity index (χ2v) is 4.06. The lowest BCUT2D eigenvalue weighted by Gasteiger charge is -2.15. The van der Waals surface area contributed by atoms with Crippen molar-refractivity contribution in [2.75, 3.05) is 5.73 Å². The van der Waals surface area contributed by atoms with E-state index in [9.17, 15) is 23.1 Å². The van der Waals surface area contributed by atoms with Crippen molar-refractivity contribution in [1.82, 2.24) is 0 Å². The predicted octanol–water partition coefficient (Wildman–Crippen LogP) is 2.17. The van der Waals surface area contributed by atoms with Gasteiger partial charge in [0, 0.05) is 10.2 Å². The van der Waals surface area contributed by atoms with Crippen LogP contribution < -0.4 is 5.73 Å². The summed E-state index contributed by atoms with van der Waals surface area (Å²) in [6.07, 6.45) is -6.58. The van der Waals surface area contributed by atoms with Gasteiger partial charge in [0.15, 0.2) is 6.10 Å². The molecule has 0 saturated heterocycles. The third-order valence-corrected chi connectivity index (χ3v) is 2.60. The summed E-state index contributed by atoms with van der Waals surface area (Å²) in [6.45, 7) is 0. The van der Waals surface area contributed by atoms with E-state index in [0.29, 0.717) is 0 Å². The van der Waals surface area contributed by atoms with Gasteiger partial charge < -0.3 is 15.9 Å². The first kappa shape index (κ1) is 13.8. The monoisotopic (exact) mass is 313 g/mol. The molecule has 0 aliphatic rings. The molecule has 4 N–H and O–H groups in total. The van der Waals surface area contributed by atoms with Crippen molar-refractivity contribution in [3.05, 3.63) is 27.7 Å². The van der Waals surface area contributed by atoms with Gasteiger partial charge in [0.2, 0.25) is 0 Å². The van der Waals surface area contributed by atoms with Crippen LogP contribution in [0.2, 0.25) is 0 Å². The standard InChI is InChI=1S/C9H7BrF3NO3/c10-4-1-3(7(15)8(16)17)2-5(14)6(4)9(11,12)13/h1-2,7,15H,14H2,(H,16,17). The maximum absolute atomic E-state index is 12.5. The molecular weight excluding hydrogens is 307 g/mol. The highest BCUT2D eigenvalue weighted by Crippen LogP contribution is 2.40. The van der Waals surface area contributed by atoms with Gasteiger partial charge in [-0.1, -0.05) is 15.9 Å². The average molecular weight is 314 g/mol. The molecular formula is C9H7BrF3NO3. The fraction of sp³-hybridized carbons (Fsp3) is 0.222. The fourth-order valence-corrected chi connectivity index (χ4v) is 1.97. The Balaban J connectivity index is 3.33. The fourth-order valence-electron chi connectivity index (χ4n) is 1.25. The van der Waals surface area contributed by atoms with Crippen molar-refractivity contribution >= 4 is 27.6 Å². The van der Waals surface area contributed by atoms with Crippen LogP contribution >= 0.6 is 15.9 Å². The van der Waals surface area contributed by atoms with Crippen LogP contribution in [0.3, 0.4) is 0 Å². The molecule has 0 saturated carbocycles. The summed E-state index contributed by atoms with van der Waals surface area (Å²) >= 11 is 2.65. The summed E-state index contributed by atoms with van der Waals surface area (Å²) in [4.78, 5) is 10.5. The number of aliphatic hydroxyl groups is 1. The lowest BCUT2D eigenvalue weighted by molar-refractivity contribution is -0.146. The third-order valence-electron chi connectivity index (χ3n) is 1.98. The predicted molar refractivity (Wildman–Crippen MR) is 56.2 cm³/mol. The van der Waals surface area contributed by atoms with Crippen molar-refractivity contribution in [1.29, 1.82) is 0 Å². The first-order valence-electron chi connectivity index (χ1n) is 4.21. The molecule has 0 radical (unpaired) electrons. The van der Waals surface area contributed by atoms with E-state index in [1.807, 2.05) is 0 Å². The molecule has 1 atom stereocenters. The van der Waals surface area contributed by atoms with E-state index in [1.165, 1.54) is 0 Å². The number of aliphatic hydroxyl groups excluding tert-OH is 1. The number of nitrogen functional groups attached to an aromatic ring is 1. The number of rotatable bonds is 2. The minimum Gasteiger partial charge on any atom is -0.479 e. The molecule has 1 unspecified atom stereocenters. The Morgan fingerprint density at radius 2 is 1.94 bits per heavy atom. The summed E-state index contributed by atoms with van der Waals surface area (Å²) in [5.74, 6) is -1.57. The Bertz CT molecular complexity index is 438. The normalized spacial score (nSPS) is 13.5. The van der Waals surface area contributed by atoms with Gasteiger partial charge >= 0.3 is 12.1 Å². The molecule has 17 heavy (non-hydrogen) atoms. The number of anilines is 1. The summed E-state index contributed by atoms with van der Waals surface area (Å²) < 4.78 is 37.1. The minimum absolute atomic E-state index is 0.227. The number of benzene rings is 1. The van der Waals surface area contributed by atoms with Gasteiger partial charge in [-0.25, -0.2) is 4.79 Å². The number of carboxylic acid groups (broad SMARTS) is 1. The molecule has 8 heteroatoms. The van der Waals surface area contributed by atoms with Crippen LogP contribution in [0.1, 0.15) is 17.2 Å². The van der Waals surface area contributed by atoms with Crippen LogP contribution in [0.25, 0.3) is 0 Å². The van der Waals surface area contributed by atoms with Crippen LogP contribution in [0.5, 0.6) is 0 Å². The van der Waals surface area contributed by atoms with Gasteiger partial charge in [-0.2, -0.15) is 13.2 Å². The molecule has 94 valence electrons. The molecule has 4 nitrogen and oxygen atoms in total. The van der Waals surface area contributed by atoms with Gasteiger partial charge in [0.1, 0.15) is 0 Å². The number of carbonyl (C=O) groups is 1. The van der Waals surface area contributed by atoms with Crippen molar-refractivity contribution < 1.29 is 28.2 Å². The minimum atomic E-state index is -4.66. The molecule has 1 aromatic carbocycles. The molecule has 0 aliphatic heterocycles. The molecule has 0 bridgehead atoms. The molecule has 0 amide bonds. The molecule has 0 aromatic heterocycles. The molecule has 1 aromatic rings. The topological polar surface area (TPSA) is 83.5 Å². The van der Waals surface area contributed by atoms with Crippen LogP contribution in [0, 0.1) is 0 Å². The number of nitrogens with two attached hydrogens (primary N) is 1. The number of aliphatic carboxylic acids is 1. The van der Waals surface area contributed by atoms with Crippen LogP contribution in [-0.2, 0) is 11.0 Å². The second kappa shape index (κ2) is 4.53. The highest BCUT2D eigenvalue weighted by atomic mass is 79.9. The molecule has 0 aliphatic carbocycles. The highest BCUT2D eigenvalue weighted by molar-refractivity contribution is 9.10. The Kier molecular flexibility index (Phi) is 3.68. The lowest BCUT2D eigenvalue weighted by atomic mass is 10.0. The van der Waals surface area contributed by atoms with Crippen LogP contribution in [0.4, 0.5) is 18.9 Å². The Hall–Kier alpha value is -1.28. The SMILES string of the molecule is Nc1cc(C(O)C(=O)O)cc(Br)c1C(F)(F)F. The third kappa shape index (κ3) is 2.89. The summed E-state index contributed by atoms with van der Waals surface area (Å²) in [5.41, 5.74) is 3.22. The van der Waals surface area contributed by atoms with Crippen molar-refractivity contribution in [2.24, 2.45) is 0 Å². The Morgan fingerprint density at radius 1 is 1.41 bits per heavy atom. The number of hydrogen-bond donors (Lipinski definition) is 3. The molecule has 0 fully saturated rings. The van der Waals surface area contributed by atoms with Gasteiger partial charge in [-0.05, 0) is 17.7 Å². The zero-order valence-electron chi connectivity index (χ0n) is 8.12. The van der Waals surface area contributed by atoms with E-state index in [1.54, 1.807) is 0 Å². The Morgan fingerprint density at radius 3 is 2.29 bits per heavy atom. The number of carboxylic acids is 1. The molecule has 0 heterocycles. The molecule has 1 rings (SSSR count). The Labute approximate surface area is 102 Å². The maximum Gasteiger partial charge on any atom is 0.419 e. The van der Waals surface area contributed by atoms with Crippen molar-refractivity contribution in [3.8, 4) is 0 Å².